The van der Waals surface area contributed by atoms with Crippen LogP contribution < -0.4 is 0 Å². The van der Waals surface area contributed by atoms with Crippen molar-refractivity contribution in [3.63, 3.8) is 0 Å². The van der Waals surface area contributed by atoms with Gasteiger partial charge in [-0.2, -0.15) is 0 Å². The van der Waals surface area contributed by atoms with Crippen molar-refractivity contribution < 1.29 is 33.6 Å². The Balaban J connectivity index is 1.22. The van der Waals surface area contributed by atoms with Gasteiger partial charge in [0.2, 0.25) is 5.79 Å². The minimum Gasteiger partial charge on any atom is -0.463 e. The maximum Gasteiger partial charge on any atom is 0.313 e. The first-order valence-corrected chi connectivity index (χ1v) is 14.7. The molecule has 0 radical (unpaired) electrons. The molecule has 0 amide bonds. The molecule has 3 heterocycles. The van der Waals surface area contributed by atoms with E-state index in [1.165, 1.54) is 6.92 Å². The molecule has 13 atom stereocenters. The van der Waals surface area contributed by atoms with Crippen molar-refractivity contribution in [3.05, 3.63) is 0 Å². The molecule has 37 heavy (non-hydrogen) atoms. The predicted molar refractivity (Wildman–Crippen MR) is 133 cm³/mol. The van der Waals surface area contributed by atoms with Crippen LogP contribution in [0.1, 0.15) is 92.9 Å². The quantitative estimate of drug-likeness (QED) is 0.517. The fourth-order valence-electron chi connectivity index (χ4n) is 11.3. The Bertz CT molecular complexity index is 1040. The third-order valence-corrected chi connectivity index (χ3v) is 13.0. The van der Waals surface area contributed by atoms with Crippen molar-refractivity contribution in [2.75, 3.05) is 0 Å². The van der Waals surface area contributed by atoms with Crippen LogP contribution in [0.4, 0.5) is 0 Å². The second-order valence-electron chi connectivity index (χ2n) is 14.8. The van der Waals surface area contributed by atoms with Crippen molar-refractivity contribution in [2.24, 2.45) is 46.3 Å². The summed E-state index contributed by atoms with van der Waals surface area (Å²) in [6.45, 7) is 12.3. The summed E-state index contributed by atoms with van der Waals surface area (Å²) in [6.07, 6.45) is 6.10. The number of aliphatic hydroxyl groups excluding tert-OH is 1. The second-order valence-corrected chi connectivity index (χ2v) is 14.8. The summed E-state index contributed by atoms with van der Waals surface area (Å²) >= 11 is 0. The van der Waals surface area contributed by atoms with E-state index in [0.717, 1.165) is 44.9 Å². The number of aliphatic hydroxyl groups is 1. The lowest BCUT2D eigenvalue weighted by Gasteiger charge is -2.61. The summed E-state index contributed by atoms with van der Waals surface area (Å²) < 4.78 is 25.6. The lowest BCUT2D eigenvalue weighted by molar-refractivity contribution is -0.291. The number of ether oxygens (including phenoxy) is 4. The van der Waals surface area contributed by atoms with Gasteiger partial charge >= 0.3 is 11.9 Å². The van der Waals surface area contributed by atoms with Gasteiger partial charge in [0.1, 0.15) is 6.10 Å². The van der Waals surface area contributed by atoms with E-state index in [4.69, 9.17) is 18.9 Å². The highest BCUT2D eigenvalue weighted by Crippen LogP contribution is 2.76. The van der Waals surface area contributed by atoms with Gasteiger partial charge in [-0.05, 0) is 101 Å². The molecule has 0 aromatic carbocycles. The van der Waals surface area contributed by atoms with Crippen LogP contribution >= 0.6 is 0 Å². The molecule has 7 aliphatic rings. The summed E-state index contributed by atoms with van der Waals surface area (Å²) in [5.41, 5.74) is -1.89. The summed E-state index contributed by atoms with van der Waals surface area (Å²) in [6, 6.07) is 0. The van der Waals surface area contributed by atoms with Crippen molar-refractivity contribution in [1.29, 1.82) is 0 Å². The molecular weight excluding hydrogens is 472 g/mol. The summed E-state index contributed by atoms with van der Waals surface area (Å²) in [5, 5.41) is 11.9. The van der Waals surface area contributed by atoms with Gasteiger partial charge in [0, 0.05) is 19.3 Å². The number of carbonyl (C=O) groups excluding carboxylic acids is 2. The third kappa shape index (κ3) is 2.84. The van der Waals surface area contributed by atoms with E-state index in [2.05, 4.69) is 27.7 Å². The molecule has 0 aromatic rings. The number of esters is 2. The van der Waals surface area contributed by atoms with Crippen LogP contribution in [0.2, 0.25) is 0 Å². The summed E-state index contributed by atoms with van der Waals surface area (Å²) in [4.78, 5) is 25.6. The van der Waals surface area contributed by atoms with Crippen molar-refractivity contribution >= 4 is 11.9 Å². The topological polar surface area (TPSA) is 91.3 Å². The fraction of sp³-hybridized carbons (Fsp3) is 0.933. The van der Waals surface area contributed by atoms with Gasteiger partial charge < -0.3 is 24.1 Å². The Hall–Kier alpha value is -1.18. The van der Waals surface area contributed by atoms with Crippen LogP contribution in [0, 0.1) is 46.3 Å². The second kappa shape index (κ2) is 7.31. The zero-order valence-corrected chi connectivity index (χ0v) is 23.2. The van der Waals surface area contributed by atoms with Crippen LogP contribution in [0.25, 0.3) is 0 Å². The molecule has 206 valence electrons. The van der Waals surface area contributed by atoms with Gasteiger partial charge in [-0.1, -0.05) is 13.8 Å². The van der Waals surface area contributed by atoms with Gasteiger partial charge in [0.15, 0.2) is 5.60 Å². The van der Waals surface area contributed by atoms with E-state index in [-0.39, 0.29) is 64.8 Å². The number of carbonyl (C=O) groups is 2. The van der Waals surface area contributed by atoms with Crippen LogP contribution in [0.3, 0.4) is 0 Å². The zero-order chi connectivity index (χ0) is 26.3. The average molecular weight is 517 g/mol. The van der Waals surface area contributed by atoms with Crippen LogP contribution in [-0.2, 0) is 28.5 Å². The largest absolute Gasteiger partial charge is 0.463 e. The Kier molecular flexibility index (Phi) is 4.91. The SMILES string of the molecule is CC(=O)O[C@@H]1CC[C@@]2(C)[C@@H](CC[C@@H]3[C@@H]2[C@@H](O)C[C@]24C(=O)O[C@]5(C)[C@H]2[C@H](C[C@@H]34)OC52CC(C)C(C)(C)O2)C1. The van der Waals surface area contributed by atoms with Crippen LogP contribution in [0.15, 0.2) is 0 Å². The highest BCUT2D eigenvalue weighted by molar-refractivity contribution is 5.83. The molecule has 3 aliphatic heterocycles. The first-order chi connectivity index (χ1) is 17.3. The van der Waals surface area contributed by atoms with E-state index in [1.54, 1.807) is 0 Å². The molecule has 7 rings (SSSR count). The van der Waals surface area contributed by atoms with Gasteiger partial charge in [-0.3, -0.25) is 9.59 Å². The maximum absolute atomic E-state index is 14.0. The molecule has 4 aliphatic carbocycles. The lowest BCUT2D eigenvalue weighted by atomic mass is 9.43. The third-order valence-electron chi connectivity index (χ3n) is 13.0. The summed E-state index contributed by atoms with van der Waals surface area (Å²) in [7, 11) is 0. The van der Waals surface area contributed by atoms with Gasteiger partial charge in [0.05, 0.1) is 23.2 Å². The molecule has 0 bridgehead atoms. The molecular formula is C30H44O7. The maximum atomic E-state index is 14.0. The molecule has 2 spiro atoms. The number of rotatable bonds is 1. The van der Waals surface area contributed by atoms with Crippen LogP contribution in [0.5, 0.6) is 0 Å². The molecule has 7 fully saturated rings. The minimum atomic E-state index is -0.907. The number of hydrogen-bond donors (Lipinski definition) is 1. The Morgan fingerprint density at radius 2 is 1.84 bits per heavy atom. The molecule has 4 saturated carbocycles. The van der Waals surface area contributed by atoms with Gasteiger partial charge in [0.25, 0.3) is 0 Å². The minimum absolute atomic E-state index is 0.0137. The fourth-order valence-corrected chi connectivity index (χ4v) is 11.3. The van der Waals surface area contributed by atoms with Crippen molar-refractivity contribution in [3.8, 4) is 0 Å². The van der Waals surface area contributed by atoms with Crippen LogP contribution in [-0.4, -0.2) is 52.3 Å². The number of hydrogen-bond acceptors (Lipinski definition) is 7. The smallest absolute Gasteiger partial charge is 0.313 e. The van der Waals surface area contributed by atoms with E-state index >= 15 is 0 Å². The molecule has 1 N–H and O–H groups in total. The normalized spacial score (nSPS) is 58.9. The Morgan fingerprint density at radius 3 is 2.51 bits per heavy atom. The highest BCUT2D eigenvalue weighted by Gasteiger charge is 2.85. The average Bonchev–Trinajstić information content (AvgIpc) is 3.39. The monoisotopic (exact) mass is 516 g/mol. The lowest BCUT2D eigenvalue weighted by Crippen LogP contribution is -2.61. The van der Waals surface area contributed by atoms with Gasteiger partial charge in [-0.25, -0.2) is 0 Å². The molecule has 7 nitrogen and oxygen atoms in total. The summed E-state index contributed by atoms with van der Waals surface area (Å²) in [5.74, 6) is -0.0263. The van der Waals surface area contributed by atoms with Crippen molar-refractivity contribution in [2.45, 2.75) is 128 Å². The van der Waals surface area contributed by atoms with Crippen molar-refractivity contribution in [1.82, 2.24) is 0 Å². The van der Waals surface area contributed by atoms with E-state index < -0.39 is 22.9 Å². The van der Waals surface area contributed by atoms with Gasteiger partial charge in [-0.15, -0.1) is 0 Å². The standard InChI is InChI=1S/C30H44O7/c1-15-13-30(37-26(15,3)4)28(6)24-22(35-30)12-20-19-8-7-17-11-18(34-16(2)31)9-10-27(17,5)23(19)21(32)14-29(20,24)25(33)36-28/h15,17-24,32H,7-14H2,1-6H3/t15?,17-,18+,19-,20-,21-,22-,23+,24+,27-,28+,29+,30?/m0/s1. The van der Waals surface area contributed by atoms with E-state index in [1.807, 2.05) is 6.92 Å². The first-order valence-electron chi connectivity index (χ1n) is 14.7. The molecule has 2 unspecified atom stereocenters. The predicted octanol–water partition coefficient (Wildman–Crippen LogP) is 4.38. The molecule has 7 heteroatoms. The number of fused-ring (bicyclic) bond motifs is 5. The Morgan fingerprint density at radius 1 is 1.08 bits per heavy atom. The van der Waals surface area contributed by atoms with E-state index in [9.17, 15) is 14.7 Å². The molecule has 3 saturated heterocycles. The molecule has 0 aromatic heterocycles. The highest BCUT2D eigenvalue weighted by atomic mass is 16.8. The van der Waals surface area contributed by atoms with E-state index in [0.29, 0.717) is 12.3 Å². The first kappa shape index (κ1) is 24.8. The Labute approximate surface area is 220 Å². The zero-order valence-electron chi connectivity index (χ0n) is 23.2.